The van der Waals surface area contributed by atoms with Crippen LogP contribution < -0.4 is 5.73 Å². The standard InChI is InChI=1S/C21H23N3O/c1-15-5-3-6-17(9-15)12-20-21(10-16(2)22)24(14-23-20)13-18-7-4-8-19(25)11-18/h3-9,11,14,25H,2,10,12-13,22H2,1H3. The zero-order chi connectivity index (χ0) is 17.8. The Balaban J connectivity index is 1.91. The normalized spacial score (nSPS) is 10.8. The second-order valence-electron chi connectivity index (χ2n) is 6.44. The molecule has 2 aromatic carbocycles. The summed E-state index contributed by atoms with van der Waals surface area (Å²) in [5, 5.41) is 9.67. The van der Waals surface area contributed by atoms with Gasteiger partial charge in [0.1, 0.15) is 5.75 Å². The van der Waals surface area contributed by atoms with E-state index >= 15 is 0 Å². The van der Waals surface area contributed by atoms with Gasteiger partial charge in [-0.2, -0.15) is 0 Å². The van der Waals surface area contributed by atoms with Crippen LogP contribution in [0.3, 0.4) is 0 Å². The number of nitrogens with zero attached hydrogens (tertiary/aromatic N) is 2. The molecule has 0 aliphatic rings. The van der Waals surface area contributed by atoms with Crippen molar-refractivity contribution in [2.75, 3.05) is 0 Å². The van der Waals surface area contributed by atoms with Gasteiger partial charge < -0.3 is 15.4 Å². The number of aromatic hydroxyl groups is 1. The molecule has 3 aromatic rings. The molecular weight excluding hydrogens is 310 g/mol. The third-order valence-corrected chi connectivity index (χ3v) is 4.14. The number of hydrogen-bond donors (Lipinski definition) is 2. The predicted molar refractivity (Wildman–Crippen MR) is 100 cm³/mol. The molecule has 0 spiro atoms. The van der Waals surface area contributed by atoms with Crippen molar-refractivity contribution < 1.29 is 5.11 Å². The van der Waals surface area contributed by atoms with Crippen LogP contribution in [0.5, 0.6) is 5.75 Å². The molecule has 3 N–H and O–H groups in total. The Hall–Kier alpha value is -3.01. The molecule has 0 aliphatic carbocycles. The lowest BCUT2D eigenvalue weighted by Crippen LogP contribution is -2.09. The van der Waals surface area contributed by atoms with Gasteiger partial charge in [-0.25, -0.2) is 4.98 Å². The second-order valence-corrected chi connectivity index (χ2v) is 6.44. The van der Waals surface area contributed by atoms with Crippen LogP contribution in [0.15, 0.2) is 67.1 Å². The molecule has 0 unspecified atom stereocenters. The van der Waals surface area contributed by atoms with E-state index in [0.29, 0.717) is 18.7 Å². The van der Waals surface area contributed by atoms with Crippen LogP contribution in [0.1, 0.15) is 28.1 Å². The number of aromatic nitrogens is 2. The summed E-state index contributed by atoms with van der Waals surface area (Å²) in [6.07, 6.45) is 3.19. The fourth-order valence-electron chi connectivity index (χ4n) is 3.02. The molecule has 1 heterocycles. The molecular formula is C21H23N3O. The first-order valence-corrected chi connectivity index (χ1v) is 8.31. The largest absolute Gasteiger partial charge is 0.508 e. The van der Waals surface area contributed by atoms with Crippen molar-refractivity contribution in [2.45, 2.75) is 26.3 Å². The van der Waals surface area contributed by atoms with Crippen LogP contribution in [-0.4, -0.2) is 14.7 Å². The summed E-state index contributed by atoms with van der Waals surface area (Å²) in [7, 11) is 0. The summed E-state index contributed by atoms with van der Waals surface area (Å²) in [5.41, 5.74) is 12.1. The number of benzene rings is 2. The van der Waals surface area contributed by atoms with Gasteiger partial charge in [-0.15, -0.1) is 0 Å². The molecule has 0 saturated carbocycles. The summed E-state index contributed by atoms with van der Waals surface area (Å²) in [6, 6.07) is 15.7. The molecule has 4 nitrogen and oxygen atoms in total. The number of allylic oxidation sites excluding steroid dienone is 1. The topological polar surface area (TPSA) is 64.1 Å². The monoisotopic (exact) mass is 333 g/mol. The third-order valence-electron chi connectivity index (χ3n) is 4.14. The smallest absolute Gasteiger partial charge is 0.115 e. The van der Waals surface area contributed by atoms with E-state index in [0.717, 1.165) is 23.4 Å². The Bertz CT molecular complexity index is 831. The van der Waals surface area contributed by atoms with Crippen molar-refractivity contribution in [1.29, 1.82) is 0 Å². The van der Waals surface area contributed by atoms with Crippen molar-refractivity contribution in [2.24, 2.45) is 5.73 Å². The molecule has 1 aromatic heterocycles. The van der Waals surface area contributed by atoms with Crippen LogP contribution in [0.4, 0.5) is 0 Å². The lowest BCUT2D eigenvalue weighted by molar-refractivity contribution is 0.474. The summed E-state index contributed by atoms with van der Waals surface area (Å²) in [6.45, 7) is 6.58. The minimum absolute atomic E-state index is 0.266. The van der Waals surface area contributed by atoms with Gasteiger partial charge in [0.2, 0.25) is 0 Å². The summed E-state index contributed by atoms with van der Waals surface area (Å²) in [5.74, 6) is 0.266. The maximum absolute atomic E-state index is 9.67. The molecule has 0 bridgehead atoms. The maximum atomic E-state index is 9.67. The molecule has 4 heteroatoms. The number of phenolic OH excluding ortho intramolecular Hbond substituents is 1. The Morgan fingerprint density at radius 1 is 1.16 bits per heavy atom. The third kappa shape index (κ3) is 4.29. The van der Waals surface area contributed by atoms with Gasteiger partial charge in [0.05, 0.1) is 12.0 Å². The van der Waals surface area contributed by atoms with Gasteiger partial charge in [-0.05, 0) is 30.2 Å². The molecule has 0 radical (unpaired) electrons. The zero-order valence-electron chi connectivity index (χ0n) is 14.4. The minimum atomic E-state index is 0.266. The Morgan fingerprint density at radius 2 is 1.92 bits per heavy atom. The van der Waals surface area contributed by atoms with Crippen LogP contribution in [0.2, 0.25) is 0 Å². The van der Waals surface area contributed by atoms with Gasteiger partial charge in [0.25, 0.3) is 0 Å². The van der Waals surface area contributed by atoms with E-state index in [1.54, 1.807) is 12.1 Å². The number of aryl methyl sites for hydroxylation is 1. The van der Waals surface area contributed by atoms with E-state index in [2.05, 4.69) is 47.3 Å². The first-order valence-electron chi connectivity index (χ1n) is 8.31. The first kappa shape index (κ1) is 16.8. The molecule has 0 fully saturated rings. The highest BCUT2D eigenvalue weighted by Gasteiger charge is 2.13. The first-order chi connectivity index (χ1) is 12.0. The van der Waals surface area contributed by atoms with E-state index in [1.165, 1.54) is 11.1 Å². The lowest BCUT2D eigenvalue weighted by atomic mass is 10.0. The molecule has 0 amide bonds. The van der Waals surface area contributed by atoms with E-state index in [1.807, 2.05) is 18.5 Å². The number of hydrogen-bond acceptors (Lipinski definition) is 3. The molecule has 128 valence electrons. The van der Waals surface area contributed by atoms with Gasteiger partial charge in [0, 0.05) is 30.8 Å². The predicted octanol–water partition coefficient (Wildman–Crippen LogP) is 3.55. The Kier molecular flexibility index (Phi) is 4.89. The molecule has 0 saturated heterocycles. The number of rotatable bonds is 6. The fourth-order valence-corrected chi connectivity index (χ4v) is 3.02. The van der Waals surface area contributed by atoms with Crippen molar-refractivity contribution in [1.82, 2.24) is 9.55 Å². The second kappa shape index (κ2) is 7.26. The van der Waals surface area contributed by atoms with E-state index in [-0.39, 0.29) is 5.75 Å². The minimum Gasteiger partial charge on any atom is -0.508 e. The highest BCUT2D eigenvalue weighted by atomic mass is 16.3. The number of imidazole rings is 1. The maximum Gasteiger partial charge on any atom is 0.115 e. The summed E-state index contributed by atoms with van der Waals surface area (Å²) >= 11 is 0. The molecule has 0 aliphatic heterocycles. The van der Waals surface area contributed by atoms with E-state index in [9.17, 15) is 5.11 Å². The van der Waals surface area contributed by atoms with E-state index < -0.39 is 0 Å². The Labute approximate surface area is 148 Å². The van der Waals surface area contributed by atoms with Crippen molar-refractivity contribution >= 4 is 0 Å². The zero-order valence-corrected chi connectivity index (χ0v) is 14.4. The van der Waals surface area contributed by atoms with Crippen LogP contribution in [0, 0.1) is 6.92 Å². The summed E-state index contributed by atoms with van der Waals surface area (Å²) in [4.78, 5) is 4.62. The Morgan fingerprint density at radius 3 is 2.64 bits per heavy atom. The quantitative estimate of drug-likeness (QED) is 0.725. The van der Waals surface area contributed by atoms with Crippen LogP contribution >= 0.6 is 0 Å². The van der Waals surface area contributed by atoms with E-state index in [4.69, 9.17) is 5.73 Å². The van der Waals surface area contributed by atoms with Crippen molar-refractivity contribution in [3.8, 4) is 5.75 Å². The average Bonchev–Trinajstić information content (AvgIpc) is 2.89. The van der Waals surface area contributed by atoms with Gasteiger partial charge in [-0.1, -0.05) is 48.5 Å². The number of phenols is 1. The lowest BCUT2D eigenvalue weighted by Gasteiger charge is -2.11. The average molecular weight is 333 g/mol. The molecule has 3 rings (SSSR count). The fraction of sp³-hybridized carbons (Fsp3) is 0.190. The van der Waals surface area contributed by atoms with Crippen LogP contribution in [-0.2, 0) is 19.4 Å². The summed E-state index contributed by atoms with van der Waals surface area (Å²) < 4.78 is 2.08. The molecule has 25 heavy (non-hydrogen) atoms. The molecule has 0 atom stereocenters. The van der Waals surface area contributed by atoms with Gasteiger partial charge in [-0.3, -0.25) is 0 Å². The van der Waals surface area contributed by atoms with Crippen molar-refractivity contribution in [3.63, 3.8) is 0 Å². The highest BCUT2D eigenvalue weighted by Crippen LogP contribution is 2.19. The highest BCUT2D eigenvalue weighted by molar-refractivity contribution is 5.31. The SMILES string of the molecule is C=C(N)Cc1c(Cc2cccc(C)c2)ncn1Cc1cccc(O)c1. The van der Waals surface area contributed by atoms with Crippen LogP contribution in [0.25, 0.3) is 0 Å². The van der Waals surface area contributed by atoms with Crippen molar-refractivity contribution in [3.05, 3.63) is 95.2 Å². The van der Waals surface area contributed by atoms with Gasteiger partial charge in [0.15, 0.2) is 0 Å². The number of nitrogens with two attached hydrogens (primary N) is 1. The van der Waals surface area contributed by atoms with Gasteiger partial charge >= 0.3 is 0 Å².